The van der Waals surface area contributed by atoms with Crippen LogP contribution in [-0.2, 0) is 11.3 Å². The minimum atomic E-state index is -1.03. The molecule has 8 heteroatoms. The second-order valence-electron chi connectivity index (χ2n) is 3.60. The summed E-state index contributed by atoms with van der Waals surface area (Å²) in [5.41, 5.74) is 0.712. The van der Waals surface area contributed by atoms with Gasteiger partial charge in [0.05, 0.1) is 24.9 Å². The average Bonchev–Trinajstić information content (AvgIpc) is 2.87. The number of methoxy groups -OCH3 is 1. The predicted molar refractivity (Wildman–Crippen MR) is 61.7 cm³/mol. The molecule has 0 atom stereocenters. The number of nitrogens with zero attached hydrogens (tertiary/aromatic N) is 4. The third kappa shape index (κ3) is 2.92. The Hall–Kier alpha value is -2.77. The normalized spacial score (nSPS) is 10.2. The number of aromatic carboxylic acids is 1. The van der Waals surface area contributed by atoms with Gasteiger partial charge in [0, 0.05) is 6.20 Å². The average molecular weight is 262 g/mol. The number of ether oxygens (including phenoxy) is 1. The summed E-state index contributed by atoms with van der Waals surface area (Å²) in [6.07, 6.45) is 2.63. The van der Waals surface area contributed by atoms with E-state index >= 15 is 0 Å². The summed E-state index contributed by atoms with van der Waals surface area (Å²) in [5, 5.41) is 12.6. The molecule has 0 aromatic carbocycles. The third-order valence-electron chi connectivity index (χ3n) is 2.30. The Labute approximate surface area is 107 Å². The highest BCUT2D eigenvalue weighted by molar-refractivity contribution is 5.87. The van der Waals surface area contributed by atoms with Gasteiger partial charge >= 0.3 is 11.9 Å². The van der Waals surface area contributed by atoms with E-state index in [1.165, 1.54) is 30.4 Å². The number of carboxylic acids is 1. The van der Waals surface area contributed by atoms with E-state index in [-0.39, 0.29) is 17.9 Å². The predicted octanol–water partition coefficient (Wildman–Crippen LogP) is 0.206. The first-order chi connectivity index (χ1) is 9.10. The lowest BCUT2D eigenvalue weighted by molar-refractivity contribution is 0.0585. The van der Waals surface area contributed by atoms with Gasteiger partial charge in [0.1, 0.15) is 6.33 Å². The Morgan fingerprint density at radius 2 is 2.16 bits per heavy atom. The Bertz CT molecular complexity index is 605. The summed E-state index contributed by atoms with van der Waals surface area (Å²) in [4.78, 5) is 29.6. The maximum atomic E-state index is 11.2. The molecule has 1 N–H and O–H groups in total. The Balaban J connectivity index is 2.10. The molecule has 2 rings (SSSR count). The first-order valence-corrected chi connectivity index (χ1v) is 5.26. The topological polar surface area (TPSA) is 107 Å². The monoisotopic (exact) mass is 262 g/mol. The van der Waals surface area contributed by atoms with E-state index in [1.54, 1.807) is 6.07 Å². The Morgan fingerprint density at radius 3 is 2.74 bits per heavy atom. The maximum absolute atomic E-state index is 11.2. The van der Waals surface area contributed by atoms with E-state index in [0.717, 1.165) is 0 Å². The molecule has 2 aromatic heterocycles. The summed E-state index contributed by atoms with van der Waals surface area (Å²) in [6.45, 7) is 0.282. The molecule has 0 saturated carbocycles. The van der Waals surface area contributed by atoms with E-state index in [1.807, 2.05) is 0 Å². The molecule has 0 saturated heterocycles. The van der Waals surface area contributed by atoms with Crippen molar-refractivity contribution in [2.75, 3.05) is 7.11 Å². The van der Waals surface area contributed by atoms with Gasteiger partial charge in [0.15, 0.2) is 0 Å². The lowest BCUT2D eigenvalue weighted by Gasteiger charge is -2.00. The van der Waals surface area contributed by atoms with Crippen molar-refractivity contribution < 1.29 is 19.4 Å². The summed E-state index contributed by atoms with van der Waals surface area (Å²) in [6, 6.07) is 3.02. The minimum absolute atomic E-state index is 0.0374. The maximum Gasteiger partial charge on any atom is 0.377 e. The number of rotatable bonds is 4. The summed E-state index contributed by atoms with van der Waals surface area (Å²) in [5.74, 6) is -1.69. The number of carbonyl (C=O) groups is 2. The van der Waals surface area contributed by atoms with Gasteiger partial charge in [-0.15, -0.1) is 5.10 Å². The van der Waals surface area contributed by atoms with Crippen molar-refractivity contribution in [1.29, 1.82) is 0 Å². The molecular formula is C11H10N4O4. The molecule has 2 heterocycles. The van der Waals surface area contributed by atoms with Gasteiger partial charge in [-0.2, -0.15) is 0 Å². The molecule has 0 spiro atoms. The largest absolute Gasteiger partial charge is 0.478 e. The molecule has 0 radical (unpaired) electrons. The second-order valence-corrected chi connectivity index (χ2v) is 3.60. The zero-order chi connectivity index (χ0) is 13.8. The van der Waals surface area contributed by atoms with Gasteiger partial charge in [0.25, 0.3) is 5.82 Å². The third-order valence-corrected chi connectivity index (χ3v) is 2.30. The van der Waals surface area contributed by atoms with Crippen molar-refractivity contribution in [2.24, 2.45) is 0 Å². The van der Waals surface area contributed by atoms with Gasteiger partial charge in [-0.05, 0) is 12.1 Å². The van der Waals surface area contributed by atoms with E-state index in [9.17, 15) is 9.59 Å². The van der Waals surface area contributed by atoms with Crippen molar-refractivity contribution in [1.82, 2.24) is 19.7 Å². The van der Waals surface area contributed by atoms with Crippen molar-refractivity contribution in [3.05, 3.63) is 41.7 Å². The van der Waals surface area contributed by atoms with Crippen LogP contribution < -0.4 is 0 Å². The van der Waals surface area contributed by atoms with Crippen LogP contribution in [0.25, 0.3) is 0 Å². The summed E-state index contributed by atoms with van der Waals surface area (Å²) < 4.78 is 5.90. The quantitative estimate of drug-likeness (QED) is 0.784. The Kier molecular flexibility index (Phi) is 3.51. The van der Waals surface area contributed by atoms with Crippen LogP contribution in [0.4, 0.5) is 0 Å². The first kappa shape index (κ1) is 12.7. The molecular weight excluding hydrogens is 252 g/mol. The van der Waals surface area contributed by atoms with Crippen molar-refractivity contribution in [2.45, 2.75) is 6.54 Å². The van der Waals surface area contributed by atoms with Crippen LogP contribution in [-0.4, -0.2) is 43.9 Å². The molecule has 0 aliphatic heterocycles. The van der Waals surface area contributed by atoms with Crippen LogP contribution >= 0.6 is 0 Å². The van der Waals surface area contributed by atoms with E-state index < -0.39 is 11.9 Å². The SMILES string of the molecule is COC(=O)c1ncn(Cc2ccc(C(=O)O)cn2)n1. The number of carboxylic acid groups (broad SMARTS) is 1. The number of aromatic nitrogens is 4. The van der Waals surface area contributed by atoms with Gasteiger partial charge in [-0.3, -0.25) is 4.98 Å². The fourth-order valence-corrected chi connectivity index (χ4v) is 1.37. The zero-order valence-corrected chi connectivity index (χ0v) is 9.98. The van der Waals surface area contributed by atoms with Gasteiger partial charge in [-0.1, -0.05) is 0 Å². The molecule has 0 amide bonds. The van der Waals surface area contributed by atoms with Crippen LogP contribution in [0.1, 0.15) is 26.7 Å². The summed E-state index contributed by atoms with van der Waals surface area (Å²) >= 11 is 0. The minimum Gasteiger partial charge on any atom is -0.478 e. The fraction of sp³-hybridized carbons (Fsp3) is 0.182. The van der Waals surface area contributed by atoms with Crippen molar-refractivity contribution in [3.8, 4) is 0 Å². The van der Waals surface area contributed by atoms with Gasteiger partial charge in [0.2, 0.25) is 0 Å². The number of esters is 1. The summed E-state index contributed by atoms with van der Waals surface area (Å²) in [7, 11) is 1.25. The standard InChI is InChI=1S/C11H10N4O4/c1-19-11(18)9-13-6-15(14-9)5-8-3-2-7(4-12-8)10(16)17/h2-4,6H,5H2,1H3,(H,16,17). The van der Waals surface area contributed by atoms with Crippen LogP contribution in [0.15, 0.2) is 24.7 Å². The highest BCUT2D eigenvalue weighted by Gasteiger charge is 2.11. The lowest BCUT2D eigenvalue weighted by atomic mass is 10.2. The van der Waals surface area contributed by atoms with E-state index in [2.05, 4.69) is 19.8 Å². The van der Waals surface area contributed by atoms with Crippen molar-refractivity contribution in [3.63, 3.8) is 0 Å². The van der Waals surface area contributed by atoms with E-state index in [0.29, 0.717) is 5.69 Å². The highest BCUT2D eigenvalue weighted by atomic mass is 16.5. The highest BCUT2D eigenvalue weighted by Crippen LogP contribution is 2.02. The van der Waals surface area contributed by atoms with Gasteiger partial charge in [-0.25, -0.2) is 19.3 Å². The van der Waals surface area contributed by atoms with Crippen LogP contribution in [0.3, 0.4) is 0 Å². The number of pyridine rings is 1. The molecule has 0 fully saturated rings. The van der Waals surface area contributed by atoms with Crippen LogP contribution in [0, 0.1) is 0 Å². The fourth-order valence-electron chi connectivity index (χ4n) is 1.37. The number of hydrogen-bond donors (Lipinski definition) is 1. The molecule has 0 aliphatic rings. The smallest absolute Gasteiger partial charge is 0.377 e. The molecule has 0 unspecified atom stereocenters. The molecule has 98 valence electrons. The van der Waals surface area contributed by atoms with E-state index in [4.69, 9.17) is 5.11 Å². The number of hydrogen-bond acceptors (Lipinski definition) is 6. The van der Waals surface area contributed by atoms with Crippen LogP contribution in [0.5, 0.6) is 0 Å². The zero-order valence-electron chi connectivity index (χ0n) is 9.98. The Morgan fingerprint density at radius 1 is 1.37 bits per heavy atom. The number of carbonyl (C=O) groups excluding carboxylic acids is 1. The lowest BCUT2D eigenvalue weighted by Crippen LogP contribution is -2.07. The van der Waals surface area contributed by atoms with Crippen molar-refractivity contribution >= 4 is 11.9 Å². The molecule has 0 aliphatic carbocycles. The molecule has 2 aromatic rings. The molecule has 0 bridgehead atoms. The molecule has 19 heavy (non-hydrogen) atoms. The van der Waals surface area contributed by atoms with Crippen LogP contribution in [0.2, 0.25) is 0 Å². The second kappa shape index (κ2) is 5.25. The first-order valence-electron chi connectivity index (χ1n) is 5.26. The van der Waals surface area contributed by atoms with Gasteiger partial charge < -0.3 is 9.84 Å². The molecule has 8 nitrogen and oxygen atoms in total.